The molecule has 1 amide bonds. The molecule has 0 radical (unpaired) electrons. The van der Waals surface area contributed by atoms with Crippen LogP contribution in [0.25, 0.3) is 0 Å². The Morgan fingerprint density at radius 2 is 1.69 bits per heavy atom. The van der Waals surface area contributed by atoms with Gasteiger partial charge in [0.25, 0.3) is 5.91 Å². The van der Waals surface area contributed by atoms with E-state index in [0.29, 0.717) is 24.6 Å². The van der Waals surface area contributed by atoms with Gasteiger partial charge in [0.2, 0.25) is 10.0 Å². The highest BCUT2D eigenvalue weighted by molar-refractivity contribution is 7.89. The van der Waals surface area contributed by atoms with Crippen LogP contribution in [0.15, 0.2) is 59.5 Å². The van der Waals surface area contributed by atoms with Crippen LogP contribution in [0, 0.1) is 5.92 Å². The molecule has 1 atom stereocenters. The Hall–Kier alpha value is -2.18. The molecule has 156 valence electrons. The van der Waals surface area contributed by atoms with Crippen molar-refractivity contribution >= 4 is 15.9 Å². The van der Waals surface area contributed by atoms with E-state index >= 15 is 0 Å². The minimum absolute atomic E-state index is 0.119. The summed E-state index contributed by atoms with van der Waals surface area (Å²) in [6.45, 7) is 5.33. The summed E-state index contributed by atoms with van der Waals surface area (Å²) in [5.41, 5.74) is 1.42. The number of amides is 1. The maximum absolute atomic E-state index is 12.9. The summed E-state index contributed by atoms with van der Waals surface area (Å²) in [6.07, 6.45) is 3.63. The Morgan fingerprint density at radius 3 is 2.34 bits per heavy atom. The van der Waals surface area contributed by atoms with E-state index in [1.165, 1.54) is 10.4 Å². The van der Waals surface area contributed by atoms with Gasteiger partial charge >= 0.3 is 0 Å². The molecule has 6 heteroatoms. The summed E-state index contributed by atoms with van der Waals surface area (Å²) in [7, 11) is -3.56. The molecular weight excluding hydrogens is 384 g/mol. The molecule has 2 aromatic carbocycles. The van der Waals surface area contributed by atoms with Gasteiger partial charge in [0.1, 0.15) is 0 Å². The maximum Gasteiger partial charge on any atom is 0.251 e. The normalized spacial score (nSPS) is 16.5. The number of rotatable bonds is 7. The fourth-order valence-electron chi connectivity index (χ4n) is 3.73. The van der Waals surface area contributed by atoms with Gasteiger partial charge in [0.15, 0.2) is 0 Å². The minimum atomic E-state index is -3.56. The number of benzene rings is 2. The number of nitrogens with one attached hydrogen (secondary N) is 1. The fourth-order valence-corrected chi connectivity index (χ4v) is 5.29. The molecule has 0 aromatic heterocycles. The van der Waals surface area contributed by atoms with Gasteiger partial charge in [-0.3, -0.25) is 4.79 Å². The number of piperidine rings is 1. The zero-order chi connectivity index (χ0) is 20.9. The van der Waals surface area contributed by atoms with E-state index in [0.717, 1.165) is 31.2 Å². The number of hydrogen-bond donors (Lipinski definition) is 1. The van der Waals surface area contributed by atoms with Gasteiger partial charge in [-0.25, -0.2) is 8.42 Å². The number of nitrogens with zero attached hydrogens (tertiary/aromatic N) is 1. The quantitative estimate of drug-likeness (QED) is 0.731. The van der Waals surface area contributed by atoms with Gasteiger partial charge in [-0.2, -0.15) is 4.31 Å². The minimum Gasteiger partial charge on any atom is -0.345 e. The molecule has 1 heterocycles. The number of sulfonamides is 1. The van der Waals surface area contributed by atoms with Crippen LogP contribution >= 0.6 is 0 Å². The van der Waals surface area contributed by atoms with Crippen molar-refractivity contribution in [1.29, 1.82) is 0 Å². The summed E-state index contributed by atoms with van der Waals surface area (Å²) in [6, 6.07) is 16.1. The molecule has 29 heavy (non-hydrogen) atoms. The molecule has 2 aromatic rings. The van der Waals surface area contributed by atoms with Crippen LogP contribution in [-0.4, -0.2) is 31.7 Å². The van der Waals surface area contributed by atoms with Gasteiger partial charge in [-0.1, -0.05) is 56.7 Å². The Bertz CT molecular complexity index is 920. The molecule has 1 saturated heterocycles. The van der Waals surface area contributed by atoms with Crippen LogP contribution in [-0.2, 0) is 10.0 Å². The molecule has 1 aliphatic rings. The van der Waals surface area contributed by atoms with Gasteiger partial charge in [-0.05, 0) is 48.9 Å². The highest BCUT2D eigenvalue weighted by atomic mass is 32.2. The summed E-state index contributed by atoms with van der Waals surface area (Å²) in [5.74, 6) is 0.154. The van der Waals surface area contributed by atoms with Crippen molar-refractivity contribution in [3.8, 4) is 0 Å². The maximum atomic E-state index is 12.9. The standard InChI is InChI=1S/C23H30N2O3S/c1-18(2)16-22(19-10-5-3-6-11-19)24-23(26)20-12-9-13-21(17-20)29(27,28)25-14-7-4-8-15-25/h3,5-6,9-13,17-18,22H,4,7-8,14-16H2,1-2H3,(H,24,26). The Kier molecular flexibility index (Phi) is 7.09. The van der Waals surface area contributed by atoms with E-state index in [9.17, 15) is 13.2 Å². The Labute approximate surface area is 174 Å². The van der Waals surface area contributed by atoms with E-state index in [-0.39, 0.29) is 16.8 Å². The first-order valence-corrected chi connectivity index (χ1v) is 11.8. The van der Waals surface area contributed by atoms with E-state index < -0.39 is 10.0 Å². The third-order valence-corrected chi connectivity index (χ3v) is 7.16. The SMILES string of the molecule is CC(C)CC(NC(=O)c1cccc(S(=O)(=O)N2CCCCC2)c1)c1ccccc1. The molecular formula is C23H30N2O3S. The second-order valence-corrected chi connectivity index (χ2v) is 10.00. The molecule has 0 saturated carbocycles. The molecule has 1 fully saturated rings. The monoisotopic (exact) mass is 414 g/mol. The van der Waals surface area contributed by atoms with Gasteiger partial charge in [-0.15, -0.1) is 0 Å². The smallest absolute Gasteiger partial charge is 0.251 e. The highest BCUT2D eigenvalue weighted by Gasteiger charge is 2.27. The van der Waals surface area contributed by atoms with Crippen LogP contribution in [0.3, 0.4) is 0 Å². The fraction of sp³-hybridized carbons (Fsp3) is 0.435. The summed E-state index contributed by atoms with van der Waals surface area (Å²) in [5, 5.41) is 3.09. The van der Waals surface area contributed by atoms with Crippen molar-refractivity contribution in [3.05, 3.63) is 65.7 Å². The summed E-state index contributed by atoms with van der Waals surface area (Å²) < 4.78 is 27.4. The Balaban J connectivity index is 1.81. The summed E-state index contributed by atoms with van der Waals surface area (Å²) in [4.78, 5) is 13.1. The second-order valence-electron chi connectivity index (χ2n) is 8.06. The molecule has 1 aliphatic heterocycles. The molecule has 1 unspecified atom stereocenters. The number of carbonyl (C=O) groups excluding carboxylic acids is 1. The predicted octanol–water partition coefficient (Wildman–Crippen LogP) is 4.38. The number of carbonyl (C=O) groups is 1. The molecule has 5 nitrogen and oxygen atoms in total. The van der Waals surface area contributed by atoms with E-state index in [4.69, 9.17) is 0 Å². The van der Waals surface area contributed by atoms with Crippen molar-refractivity contribution in [2.45, 2.75) is 50.5 Å². The van der Waals surface area contributed by atoms with Gasteiger partial charge < -0.3 is 5.32 Å². The lowest BCUT2D eigenvalue weighted by molar-refractivity contribution is 0.0931. The highest BCUT2D eigenvalue weighted by Crippen LogP contribution is 2.24. The zero-order valence-electron chi connectivity index (χ0n) is 17.2. The first-order valence-electron chi connectivity index (χ1n) is 10.3. The van der Waals surface area contributed by atoms with Crippen LogP contribution in [0.4, 0.5) is 0 Å². The third-order valence-electron chi connectivity index (χ3n) is 5.26. The lowest BCUT2D eigenvalue weighted by Crippen LogP contribution is -2.35. The average Bonchev–Trinajstić information content (AvgIpc) is 2.74. The van der Waals surface area contributed by atoms with Crippen molar-refractivity contribution in [1.82, 2.24) is 9.62 Å². The largest absolute Gasteiger partial charge is 0.345 e. The third kappa shape index (κ3) is 5.46. The van der Waals surface area contributed by atoms with Crippen LogP contribution < -0.4 is 5.32 Å². The van der Waals surface area contributed by atoms with E-state index in [2.05, 4.69) is 19.2 Å². The number of hydrogen-bond acceptors (Lipinski definition) is 3. The molecule has 0 bridgehead atoms. The Morgan fingerprint density at radius 1 is 1.00 bits per heavy atom. The molecule has 0 spiro atoms. The van der Waals surface area contributed by atoms with Crippen LogP contribution in [0.5, 0.6) is 0 Å². The van der Waals surface area contributed by atoms with Crippen molar-refractivity contribution < 1.29 is 13.2 Å². The first kappa shape index (κ1) is 21.5. The zero-order valence-corrected chi connectivity index (χ0v) is 18.0. The van der Waals surface area contributed by atoms with E-state index in [1.807, 2.05) is 30.3 Å². The summed E-state index contributed by atoms with van der Waals surface area (Å²) >= 11 is 0. The first-order chi connectivity index (χ1) is 13.9. The molecule has 0 aliphatic carbocycles. The van der Waals surface area contributed by atoms with Crippen molar-refractivity contribution in [3.63, 3.8) is 0 Å². The lowest BCUT2D eigenvalue weighted by atomic mass is 9.96. The van der Waals surface area contributed by atoms with E-state index in [1.54, 1.807) is 18.2 Å². The van der Waals surface area contributed by atoms with Gasteiger partial charge in [0, 0.05) is 18.7 Å². The lowest BCUT2D eigenvalue weighted by Gasteiger charge is -2.26. The molecule has 3 rings (SSSR count). The predicted molar refractivity (Wildman–Crippen MR) is 115 cm³/mol. The topological polar surface area (TPSA) is 66.5 Å². The van der Waals surface area contributed by atoms with Gasteiger partial charge in [0.05, 0.1) is 10.9 Å². The van der Waals surface area contributed by atoms with Crippen molar-refractivity contribution in [2.24, 2.45) is 5.92 Å². The molecule has 1 N–H and O–H groups in total. The van der Waals surface area contributed by atoms with Crippen LogP contribution in [0.2, 0.25) is 0 Å². The van der Waals surface area contributed by atoms with Crippen molar-refractivity contribution in [2.75, 3.05) is 13.1 Å². The van der Waals surface area contributed by atoms with Crippen LogP contribution in [0.1, 0.15) is 61.5 Å². The second kappa shape index (κ2) is 9.55. The average molecular weight is 415 g/mol.